The van der Waals surface area contributed by atoms with Gasteiger partial charge in [0.05, 0.1) is 0 Å². The van der Waals surface area contributed by atoms with E-state index in [1.165, 1.54) is 32.1 Å². The summed E-state index contributed by atoms with van der Waals surface area (Å²) in [4.78, 5) is 0. The van der Waals surface area contributed by atoms with Crippen LogP contribution in [-0.4, -0.2) is 0 Å². The molecule has 2 unspecified atom stereocenters. The summed E-state index contributed by atoms with van der Waals surface area (Å²) >= 11 is 0. The van der Waals surface area contributed by atoms with Crippen LogP contribution in [0.25, 0.3) is 0 Å². The van der Waals surface area contributed by atoms with Gasteiger partial charge in [0.15, 0.2) is 0 Å². The third kappa shape index (κ3) is 3.27. The lowest BCUT2D eigenvalue weighted by molar-refractivity contribution is 0.495. The van der Waals surface area contributed by atoms with Crippen molar-refractivity contribution in [3.8, 4) is 0 Å². The molecule has 2 atom stereocenters. The quantitative estimate of drug-likeness (QED) is 0.564. The first-order chi connectivity index (χ1) is 5.24. The molecule has 1 saturated carbocycles. The van der Waals surface area contributed by atoms with Crippen molar-refractivity contribution in [2.24, 2.45) is 17.8 Å². The molecule has 1 aliphatic carbocycles. The minimum absolute atomic E-state index is 0.923. The fraction of sp³-hybridized carbons (Fsp3) is 1.00. The molecule has 0 aromatic heterocycles. The Kier molecular flexibility index (Phi) is 3.42. The summed E-state index contributed by atoms with van der Waals surface area (Å²) in [5.74, 6) is 3.16. The van der Waals surface area contributed by atoms with Crippen LogP contribution >= 0.6 is 0 Å². The van der Waals surface area contributed by atoms with E-state index in [9.17, 15) is 0 Å². The van der Waals surface area contributed by atoms with Crippen LogP contribution in [0.5, 0.6) is 0 Å². The van der Waals surface area contributed by atoms with Crippen molar-refractivity contribution in [3.05, 3.63) is 0 Å². The topological polar surface area (TPSA) is 0 Å². The molecule has 0 N–H and O–H groups in total. The van der Waals surface area contributed by atoms with Crippen LogP contribution in [0.4, 0.5) is 0 Å². The SMILES string of the molecule is CCCCC1CC1CC(C)C. The highest BCUT2D eigenvalue weighted by Crippen LogP contribution is 2.46. The second-order valence-corrected chi connectivity index (χ2v) is 4.53. The van der Waals surface area contributed by atoms with Gasteiger partial charge in [0.2, 0.25) is 0 Å². The summed E-state index contributed by atoms with van der Waals surface area (Å²) in [6.07, 6.45) is 7.37. The van der Waals surface area contributed by atoms with Gasteiger partial charge >= 0.3 is 0 Å². The predicted octanol–water partition coefficient (Wildman–Crippen LogP) is 3.86. The van der Waals surface area contributed by atoms with Gasteiger partial charge in [-0.3, -0.25) is 0 Å². The maximum absolute atomic E-state index is 2.34. The van der Waals surface area contributed by atoms with Gasteiger partial charge in [-0.25, -0.2) is 0 Å². The van der Waals surface area contributed by atoms with E-state index in [1.54, 1.807) is 0 Å². The standard InChI is InChI=1S/C11H22/c1-4-5-6-10-8-11(10)7-9(2)3/h9-11H,4-8H2,1-3H3. The summed E-state index contributed by atoms with van der Waals surface area (Å²) in [7, 11) is 0. The zero-order valence-corrected chi connectivity index (χ0v) is 8.27. The Balaban J connectivity index is 1.98. The van der Waals surface area contributed by atoms with Gasteiger partial charge in [-0.2, -0.15) is 0 Å². The van der Waals surface area contributed by atoms with E-state index in [0.29, 0.717) is 0 Å². The van der Waals surface area contributed by atoms with E-state index >= 15 is 0 Å². The largest absolute Gasteiger partial charge is 0.0654 e. The minimum Gasteiger partial charge on any atom is -0.0654 e. The van der Waals surface area contributed by atoms with Crippen molar-refractivity contribution in [1.82, 2.24) is 0 Å². The molecular formula is C11H22. The maximum Gasteiger partial charge on any atom is -0.0381 e. The second-order valence-electron chi connectivity index (χ2n) is 4.53. The third-order valence-electron chi connectivity index (χ3n) is 2.77. The summed E-state index contributed by atoms with van der Waals surface area (Å²) in [5, 5.41) is 0. The van der Waals surface area contributed by atoms with Crippen molar-refractivity contribution in [1.29, 1.82) is 0 Å². The van der Waals surface area contributed by atoms with Crippen molar-refractivity contribution in [2.45, 2.75) is 52.9 Å². The Bertz CT molecular complexity index is 105. The first-order valence-corrected chi connectivity index (χ1v) is 5.24. The number of unbranched alkanes of at least 4 members (excludes halogenated alkanes) is 1. The lowest BCUT2D eigenvalue weighted by Gasteiger charge is -2.02. The van der Waals surface area contributed by atoms with E-state index in [1.807, 2.05) is 0 Å². The highest BCUT2D eigenvalue weighted by Gasteiger charge is 2.35. The van der Waals surface area contributed by atoms with Crippen molar-refractivity contribution >= 4 is 0 Å². The lowest BCUT2D eigenvalue weighted by atomic mass is 10.0. The molecule has 0 nitrogen and oxygen atoms in total. The minimum atomic E-state index is 0.923. The number of hydrogen-bond acceptors (Lipinski definition) is 0. The van der Waals surface area contributed by atoms with Crippen LogP contribution in [0.1, 0.15) is 52.9 Å². The summed E-state index contributed by atoms with van der Waals surface area (Å²) < 4.78 is 0. The van der Waals surface area contributed by atoms with E-state index < -0.39 is 0 Å². The average molecular weight is 154 g/mol. The molecule has 0 heterocycles. The molecule has 0 bridgehead atoms. The van der Waals surface area contributed by atoms with E-state index in [2.05, 4.69) is 20.8 Å². The molecule has 1 aliphatic rings. The predicted molar refractivity (Wildman–Crippen MR) is 50.6 cm³/mol. The normalized spacial score (nSPS) is 29.5. The fourth-order valence-electron chi connectivity index (χ4n) is 2.02. The van der Waals surface area contributed by atoms with Crippen LogP contribution < -0.4 is 0 Å². The van der Waals surface area contributed by atoms with Gasteiger partial charge < -0.3 is 0 Å². The van der Waals surface area contributed by atoms with Crippen molar-refractivity contribution in [2.75, 3.05) is 0 Å². The van der Waals surface area contributed by atoms with E-state index in [-0.39, 0.29) is 0 Å². The first kappa shape index (κ1) is 9.09. The second kappa shape index (κ2) is 4.13. The molecule has 1 fully saturated rings. The van der Waals surface area contributed by atoms with Crippen LogP contribution in [0.2, 0.25) is 0 Å². The van der Waals surface area contributed by atoms with Crippen LogP contribution in [0, 0.1) is 17.8 Å². The van der Waals surface area contributed by atoms with Gasteiger partial charge in [0, 0.05) is 0 Å². The molecule has 0 aromatic carbocycles. The zero-order chi connectivity index (χ0) is 8.27. The Morgan fingerprint density at radius 2 is 2.00 bits per heavy atom. The van der Waals surface area contributed by atoms with Crippen LogP contribution in [0.15, 0.2) is 0 Å². The molecule has 0 saturated heterocycles. The van der Waals surface area contributed by atoms with Crippen molar-refractivity contribution in [3.63, 3.8) is 0 Å². The number of rotatable bonds is 5. The lowest BCUT2D eigenvalue weighted by Crippen LogP contribution is -1.90. The van der Waals surface area contributed by atoms with Crippen LogP contribution in [-0.2, 0) is 0 Å². The molecule has 11 heavy (non-hydrogen) atoms. The van der Waals surface area contributed by atoms with E-state index in [0.717, 1.165) is 17.8 Å². The van der Waals surface area contributed by atoms with Crippen LogP contribution in [0.3, 0.4) is 0 Å². The molecule has 0 heteroatoms. The fourth-order valence-corrected chi connectivity index (χ4v) is 2.02. The molecular weight excluding hydrogens is 132 g/mol. The Morgan fingerprint density at radius 1 is 1.27 bits per heavy atom. The van der Waals surface area contributed by atoms with Gasteiger partial charge in [0.1, 0.15) is 0 Å². The smallest absolute Gasteiger partial charge is 0.0381 e. The molecule has 0 aliphatic heterocycles. The monoisotopic (exact) mass is 154 g/mol. The van der Waals surface area contributed by atoms with Gasteiger partial charge in [0.25, 0.3) is 0 Å². The Labute approximate surface area is 71.4 Å². The average Bonchev–Trinajstić information content (AvgIpc) is 2.62. The summed E-state index contributed by atoms with van der Waals surface area (Å²) in [6.45, 7) is 6.98. The zero-order valence-electron chi connectivity index (χ0n) is 8.27. The van der Waals surface area contributed by atoms with Gasteiger partial charge in [-0.15, -0.1) is 0 Å². The molecule has 66 valence electrons. The molecule has 0 radical (unpaired) electrons. The molecule has 0 amide bonds. The highest BCUT2D eigenvalue weighted by atomic mass is 14.4. The maximum atomic E-state index is 2.34. The highest BCUT2D eigenvalue weighted by molar-refractivity contribution is 4.86. The molecule has 0 aromatic rings. The Hall–Kier alpha value is 0. The van der Waals surface area contributed by atoms with E-state index in [4.69, 9.17) is 0 Å². The van der Waals surface area contributed by atoms with Gasteiger partial charge in [-0.05, 0) is 30.6 Å². The first-order valence-electron chi connectivity index (χ1n) is 5.24. The van der Waals surface area contributed by atoms with Crippen molar-refractivity contribution < 1.29 is 0 Å². The number of hydrogen-bond donors (Lipinski definition) is 0. The Morgan fingerprint density at radius 3 is 2.55 bits per heavy atom. The molecule has 0 spiro atoms. The molecule has 1 rings (SSSR count). The van der Waals surface area contributed by atoms with Gasteiger partial charge in [-0.1, -0.05) is 40.0 Å². The summed E-state index contributed by atoms with van der Waals surface area (Å²) in [5.41, 5.74) is 0. The summed E-state index contributed by atoms with van der Waals surface area (Å²) in [6, 6.07) is 0. The third-order valence-corrected chi connectivity index (χ3v) is 2.77.